The van der Waals surface area contributed by atoms with Gasteiger partial charge in [0.15, 0.2) is 0 Å². The fourth-order valence-electron chi connectivity index (χ4n) is 2.20. The molecule has 2 aromatic carbocycles. The smallest absolute Gasteiger partial charge is 0.254 e. The number of carbonyl (C=O) groups is 2. The van der Waals surface area contributed by atoms with Crippen molar-refractivity contribution >= 4 is 57.0 Å². The minimum Gasteiger partial charge on any atom is -0.352 e. The summed E-state index contributed by atoms with van der Waals surface area (Å²) >= 11 is 4.32. The highest BCUT2D eigenvalue weighted by Gasteiger charge is 2.14. The summed E-state index contributed by atoms with van der Waals surface area (Å²) in [7, 11) is 1.79. The van der Waals surface area contributed by atoms with Crippen LogP contribution in [0, 0.1) is 7.14 Å². The number of nitrogens with one attached hydrogen (secondary N) is 1. The van der Waals surface area contributed by atoms with Gasteiger partial charge in [-0.05, 0) is 75.9 Å². The van der Waals surface area contributed by atoms with Crippen molar-refractivity contribution in [1.82, 2.24) is 10.2 Å². The Labute approximate surface area is 169 Å². The molecule has 0 saturated heterocycles. The standard InChI is InChI=1S/C18H18I2N2O2/c1-22(18(24)14-8-3-5-10-16(14)20)12-6-11-21-17(23)13-7-2-4-9-15(13)19/h2-5,7-10H,6,11-12H2,1H3,(H,21,23). The maximum absolute atomic E-state index is 12.4. The highest BCUT2D eigenvalue weighted by Crippen LogP contribution is 2.14. The average Bonchev–Trinajstić information content (AvgIpc) is 2.58. The lowest BCUT2D eigenvalue weighted by molar-refractivity contribution is 0.0792. The van der Waals surface area contributed by atoms with Crippen molar-refractivity contribution in [2.45, 2.75) is 6.42 Å². The maximum atomic E-state index is 12.4. The van der Waals surface area contributed by atoms with E-state index in [1.54, 1.807) is 11.9 Å². The Balaban J connectivity index is 1.80. The SMILES string of the molecule is CN(CCCNC(=O)c1ccccc1I)C(=O)c1ccccc1I. The topological polar surface area (TPSA) is 49.4 Å². The van der Waals surface area contributed by atoms with Gasteiger partial charge in [-0.15, -0.1) is 0 Å². The van der Waals surface area contributed by atoms with Gasteiger partial charge < -0.3 is 10.2 Å². The summed E-state index contributed by atoms with van der Waals surface area (Å²) in [6.07, 6.45) is 0.709. The van der Waals surface area contributed by atoms with Gasteiger partial charge in [0.2, 0.25) is 0 Å². The number of nitrogens with zero attached hydrogens (tertiary/aromatic N) is 1. The van der Waals surface area contributed by atoms with E-state index >= 15 is 0 Å². The van der Waals surface area contributed by atoms with Crippen LogP contribution in [0.5, 0.6) is 0 Å². The summed E-state index contributed by atoms with van der Waals surface area (Å²) in [6, 6.07) is 15.0. The molecule has 126 valence electrons. The second kappa shape index (κ2) is 9.36. The van der Waals surface area contributed by atoms with Crippen LogP contribution in [-0.2, 0) is 0 Å². The molecule has 6 heteroatoms. The summed E-state index contributed by atoms with van der Waals surface area (Å²) in [5.41, 5.74) is 1.39. The zero-order valence-corrected chi connectivity index (χ0v) is 17.6. The molecule has 0 aliphatic rings. The molecule has 0 unspecified atom stereocenters. The van der Waals surface area contributed by atoms with E-state index < -0.39 is 0 Å². The van der Waals surface area contributed by atoms with Crippen LogP contribution in [0.1, 0.15) is 27.1 Å². The summed E-state index contributed by atoms with van der Waals surface area (Å²) in [6.45, 7) is 1.13. The molecule has 0 heterocycles. The second-order valence-electron chi connectivity index (χ2n) is 5.30. The zero-order chi connectivity index (χ0) is 17.5. The van der Waals surface area contributed by atoms with E-state index in [0.29, 0.717) is 30.6 Å². The van der Waals surface area contributed by atoms with Crippen LogP contribution in [0.4, 0.5) is 0 Å². The highest BCUT2D eigenvalue weighted by molar-refractivity contribution is 14.1. The second-order valence-corrected chi connectivity index (χ2v) is 7.62. The maximum Gasteiger partial charge on any atom is 0.254 e. The van der Waals surface area contributed by atoms with E-state index in [-0.39, 0.29) is 11.8 Å². The van der Waals surface area contributed by atoms with Crippen LogP contribution in [0.15, 0.2) is 48.5 Å². The molecular weight excluding hydrogens is 530 g/mol. The Morgan fingerprint density at radius 2 is 1.50 bits per heavy atom. The molecule has 0 aromatic heterocycles. The van der Waals surface area contributed by atoms with Crippen molar-refractivity contribution in [2.75, 3.05) is 20.1 Å². The lowest BCUT2D eigenvalue weighted by atomic mass is 10.2. The Hall–Kier alpha value is -1.16. The number of halogens is 2. The van der Waals surface area contributed by atoms with Crippen molar-refractivity contribution in [2.24, 2.45) is 0 Å². The quantitative estimate of drug-likeness (QED) is 0.442. The molecule has 2 rings (SSSR count). The molecule has 0 saturated carbocycles. The highest BCUT2D eigenvalue weighted by atomic mass is 127. The van der Waals surface area contributed by atoms with Crippen LogP contribution in [0.25, 0.3) is 0 Å². The lowest BCUT2D eigenvalue weighted by Crippen LogP contribution is -2.32. The Bertz CT molecular complexity index is 734. The van der Waals surface area contributed by atoms with Crippen molar-refractivity contribution in [1.29, 1.82) is 0 Å². The van der Waals surface area contributed by atoms with Crippen LogP contribution in [0.3, 0.4) is 0 Å². The van der Waals surface area contributed by atoms with Gasteiger partial charge in [0.1, 0.15) is 0 Å². The summed E-state index contributed by atoms with van der Waals surface area (Å²) < 4.78 is 1.87. The molecule has 0 bridgehead atoms. The fraction of sp³-hybridized carbons (Fsp3) is 0.222. The van der Waals surface area contributed by atoms with Crippen molar-refractivity contribution in [3.8, 4) is 0 Å². The van der Waals surface area contributed by atoms with E-state index in [1.807, 2.05) is 48.5 Å². The number of benzene rings is 2. The average molecular weight is 548 g/mol. The first-order valence-electron chi connectivity index (χ1n) is 7.53. The summed E-state index contributed by atoms with van der Waals surface area (Å²) in [5, 5.41) is 2.90. The summed E-state index contributed by atoms with van der Waals surface area (Å²) in [4.78, 5) is 26.2. The van der Waals surface area contributed by atoms with Gasteiger partial charge in [-0.3, -0.25) is 9.59 Å². The predicted molar refractivity (Wildman–Crippen MR) is 112 cm³/mol. The first-order valence-corrected chi connectivity index (χ1v) is 9.69. The van der Waals surface area contributed by atoms with Gasteiger partial charge in [0, 0.05) is 27.3 Å². The third kappa shape index (κ3) is 5.17. The van der Waals surface area contributed by atoms with E-state index in [9.17, 15) is 9.59 Å². The van der Waals surface area contributed by atoms with Gasteiger partial charge in [-0.2, -0.15) is 0 Å². The van der Waals surface area contributed by atoms with Gasteiger partial charge in [-0.1, -0.05) is 24.3 Å². The minimum atomic E-state index is -0.0772. The van der Waals surface area contributed by atoms with E-state index in [0.717, 1.165) is 7.14 Å². The molecule has 4 nitrogen and oxygen atoms in total. The third-order valence-electron chi connectivity index (χ3n) is 3.53. The van der Waals surface area contributed by atoms with Gasteiger partial charge in [0.25, 0.3) is 11.8 Å². The number of hydrogen-bond acceptors (Lipinski definition) is 2. The Morgan fingerprint density at radius 3 is 2.08 bits per heavy atom. The Morgan fingerprint density at radius 1 is 0.958 bits per heavy atom. The molecular formula is C18H18I2N2O2. The molecule has 0 spiro atoms. The van der Waals surface area contributed by atoms with E-state index in [2.05, 4.69) is 50.5 Å². The molecule has 0 radical (unpaired) electrons. The number of amides is 2. The van der Waals surface area contributed by atoms with Gasteiger partial charge in [0.05, 0.1) is 11.1 Å². The van der Waals surface area contributed by atoms with Crippen LogP contribution < -0.4 is 5.32 Å². The van der Waals surface area contributed by atoms with E-state index in [1.165, 1.54) is 0 Å². The lowest BCUT2D eigenvalue weighted by Gasteiger charge is -2.18. The minimum absolute atomic E-state index is 0.00364. The third-order valence-corrected chi connectivity index (χ3v) is 5.41. The number of carbonyl (C=O) groups excluding carboxylic acids is 2. The molecule has 24 heavy (non-hydrogen) atoms. The van der Waals surface area contributed by atoms with Gasteiger partial charge >= 0.3 is 0 Å². The number of rotatable bonds is 6. The molecule has 0 fully saturated rings. The van der Waals surface area contributed by atoms with Crippen molar-refractivity contribution in [3.05, 3.63) is 66.8 Å². The van der Waals surface area contributed by atoms with Crippen LogP contribution in [0.2, 0.25) is 0 Å². The van der Waals surface area contributed by atoms with E-state index in [4.69, 9.17) is 0 Å². The van der Waals surface area contributed by atoms with Crippen molar-refractivity contribution < 1.29 is 9.59 Å². The fourth-order valence-corrected chi connectivity index (χ4v) is 3.45. The molecule has 0 aliphatic heterocycles. The first-order chi connectivity index (χ1) is 11.5. The molecule has 1 N–H and O–H groups in total. The number of hydrogen-bond donors (Lipinski definition) is 1. The zero-order valence-electron chi connectivity index (χ0n) is 13.3. The normalized spacial score (nSPS) is 10.3. The largest absolute Gasteiger partial charge is 0.352 e. The van der Waals surface area contributed by atoms with Crippen LogP contribution in [-0.4, -0.2) is 36.9 Å². The molecule has 2 amide bonds. The predicted octanol–water partition coefficient (Wildman–Crippen LogP) is 3.79. The molecule has 0 atom stereocenters. The Kier molecular flexibility index (Phi) is 7.47. The monoisotopic (exact) mass is 548 g/mol. The molecule has 2 aromatic rings. The van der Waals surface area contributed by atoms with Gasteiger partial charge in [-0.25, -0.2) is 0 Å². The molecule has 0 aliphatic carbocycles. The summed E-state index contributed by atoms with van der Waals surface area (Å²) in [5.74, 6) is -0.0736. The van der Waals surface area contributed by atoms with Crippen LogP contribution >= 0.6 is 45.2 Å². The first kappa shape index (κ1) is 19.2. The van der Waals surface area contributed by atoms with Crippen molar-refractivity contribution in [3.63, 3.8) is 0 Å².